The number of benzene rings is 3. The highest BCUT2D eigenvalue weighted by atomic mass is 35.5. The van der Waals surface area contributed by atoms with E-state index in [9.17, 15) is 0 Å². The normalized spacial score (nSPS) is 19.8. The van der Waals surface area contributed by atoms with Gasteiger partial charge in [0, 0.05) is 27.6 Å². The van der Waals surface area contributed by atoms with Gasteiger partial charge in [-0.1, -0.05) is 82.3 Å². The van der Waals surface area contributed by atoms with Crippen molar-refractivity contribution in [2.24, 2.45) is 5.10 Å². The zero-order valence-electron chi connectivity index (χ0n) is 15.9. The van der Waals surface area contributed by atoms with E-state index in [4.69, 9.17) is 56.2 Å². The molecule has 30 heavy (non-hydrogen) atoms. The van der Waals surface area contributed by atoms with Gasteiger partial charge in [-0.15, -0.1) is 0 Å². The molecule has 2 aliphatic heterocycles. The van der Waals surface area contributed by atoms with Crippen LogP contribution in [0.4, 0.5) is 0 Å². The number of halogens is 4. The molecule has 2 heterocycles. The maximum Gasteiger partial charge on any atom is 0.215 e. The molecule has 0 saturated carbocycles. The van der Waals surface area contributed by atoms with Crippen LogP contribution in [-0.2, 0) is 0 Å². The molecule has 5 rings (SSSR count). The highest BCUT2D eigenvalue weighted by molar-refractivity contribution is 6.36. The molecule has 0 aliphatic carbocycles. The van der Waals surface area contributed by atoms with Crippen LogP contribution in [-0.4, -0.2) is 10.7 Å². The molecule has 152 valence electrons. The predicted octanol–water partition coefficient (Wildman–Crippen LogP) is 7.85. The molecule has 0 saturated heterocycles. The van der Waals surface area contributed by atoms with E-state index in [1.54, 1.807) is 18.2 Å². The Morgan fingerprint density at radius 1 is 0.867 bits per heavy atom. The topological polar surface area (TPSA) is 24.8 Å². The molecule has 7 heteroatoms. The van der Waals surface area contributed by atoms with Crippen molar-refractivity contribution in [1.82, 2.24) is 5.01 Å². The Balaban J connectivity index is 1.64. The quantitative estimate of drug-likeness (QED) is 0.375. The largest absolute Gasteiger partial charge is 0.463 e. The molecule has 0 amide bonds. The molecule has 0 fully saturated rings. The first kappa shape index (κ1) is 20.0. The Morgan fingerprint density at radius 2 is 1.60 bits per heavy atom. The molecule has 2 aliphatic rings. The number of hydrazone groups is 1. The molecule has 0 unspecified atom stereocenters. The Bertz CT molecular complexity index is 1180. The summed E-state index contributed by atoms with van der Waals surface area (Å²) >= 11 is 25.4. The van der Waals surface area contributed by atoms with Gasteiger partial charge < -0.3 is 4.74 Å². The second-order valence-corrected chi connectivity index (χ2v) is 9.14. The minimum atomic E-state index is -0.533. The first-order valence-corrected chi connectivity index (χ1v) is 11.0. The van der Waals surface area contributed by atoms with Crippen molar-refractivity contribution in [3.8, 4) is 5.75 Å². The summed E-state index contributed by atoms with van der Waals surface area (Å²) in [7, 11) is 0. The molecule has 0 spiro atoms. The third kappa shape index (κ3) is 3.44. The SMILES string of the molecule is Cc1ccc(C2=NN3[C@H](C2)c2cc(Cl)cc(Cl)c2O[C@@H]3c2ccc(Cl)cc2Cl)cc1. The Labute approximate surface area is 194 Å². The van der Waals surface area contributed by atoms with Crippen molar-refractivity contribution >= 4 is 52.1 Å². The van der Waals surface area contributed by atoms with Gasteiger partial charge in [0.05, 0.1) is 21.8 Å². The molecule has 3 aromatic carbocycles. The molecular formula is C23H16Cl4N2O. The summed E-state index contributed by atoms with van der Waals surface area (Å²) in [5, 5.41) is 8.99. The molecular weight excluding hydrogens is 462 g/mol. The molecule has 0 N–H and O–H groups in total. The fourth-order valence-corrected chi connectivity index (χ4v) is 5.00. The molecule has 2 atom stereocenters. The minimum Gasteiger partial charge on any atom is -0.463 e. The summed E-state index contributed by atoms with van der Waals surface area (Å²) in [6.07, 6.45) is 0.173. The van der Waals surface area contributed by atoms with Crippen molar-refractivity contribution in [2.45, 2.75) is 25.6 Å². The first-order chi connectivity index (χ1) is 14.4. The van der Waals surface area contributed by atoms with E-state index in [2.05, 4.69) is 31.2 Å². The lowest BCUT2D eigenvalue weighted by atomic mass is 9.95. The first-order valence-electron chi connectivity index (χ1n) is 9.44. The summed E-state index contributed by atoms with van der Waals surface area (Å²) in [5.41, 5.74) is 4.94. The second kappa shape index (κ2) is 7.65. The van der Waals surface area contributed by atoms with Crippen molar-refractivity contribution in [3.05, 3.63) is 96.9 Å². The van der Waals surface area contributed by atoms with Gasteiger partial charge in [0.15, 0.2) is 0 Å². The van der Waals surface area contributed by atoms with Crippen LogP contribution in [0.15, 0.2) is 59.7 Å². The number of hydrogen-bond acceptors (Lipinski definition) is 3. The van der Waals surface area contributed by atoms with Gasteiger partial charge in [-0.2, -0.15) is 5.10 Å². The summed E-state index contributed by atoms with van der Waals surface area (Å²) in [5.74, 6) is 0.610. The zero-order valence-corrected chi connectivity index (χ0v) is 18.9. The maximum atomic E-state index is 6.52. The second-order valence-electron chi connectivity index (χ2n) is 7.45. The van der Waals surface area contributed by atoms with Gasteiger partial charge in [0.1, 0.15) is 5.75 Å². The van der Waals surface area contributed by atoms with Crippen LogP contribution in [0.25, 0.3) is 0 Å². The van der Waals surface area contributed by atoms with Gasteiger partial charge in [0.2, 0.25) is 6.23 Å². The third-order valence-corrected chi connectivity index (χ3v) is 6.48. The van der Waals surface area contributed by atoms with E-state index in [-0.39, 0.29) is 6.04 Å². The highest BCUT2D eigenvalue weighted by Gasteiger charge is 2.42. The van der Waals surface area contributed by atoms with E-state index < -0.39 is 6.23 Å². The predicted molar refractivity (Wildman–Crippen MR) is 123 cm³/mol. The minimum absolute atomic E-state index is 0.0713. The van der Waals surface area contributed by atoms with Crippen LogP contribution in [0, 0.1) is 6.92 Å². The number of nitrogens with zero attached hydrogens (tertiary/aromatic N) is 2. The standard InChI is InChI=1S/C23H16Cl4N2O/c1-12-2-4-13(5-3-12)20-11-21-17-8-15(25)10-19(27)22(17)30-23(29(21)28-20)16-7-6-14(24)9-18(16)26/h2-10,21,23H,11H2,1H3/t21-,23-/m1/s1. The van der Waals surface area contributed by atoms with Crippen molar-refractivity contribution in [2.75, 3.05) is 0 Å². The Kier molecular flexibility index (Phi) is 5.11. The van der Waals surface area contributed by atoms with Crippen LogP contribution in [0.5, 0.6) is 5.75 Å². The number of rotatable bonds is 2. The lowest BCUT2D eigenvalue weighted by Crippen LogP contribution is -2.34. The van der Waals surface area contributed by atoms with Crippen molar-refractivity contribution in [1.29, 1.82) is 0 Å². The van der Waals surface area contributed by atoms with Crippen LogP contribution >= 0.6 is 46.4 Å². The average molecular weight is 478 g/mol. The van der Waals surface area contributed by atoms with E-state index >= 15 is 0 Å². The summed E-state index contributed by atoms with van der Waals surface area (Å²) in [4.78, 5) is 0. The monoisotopic (exact) mass is 476 g/mol. The molecule has 3 nitrogen and oxygen atoms in total. The van der Waals surface area contributed by atoms with Crippen LogP contribution in [0.3, 0.4) is 0 Å². The third-order valence-electron chi connectivity index (χ3n) is 5.42. The summed E-state index contributed by atoms with van der Waals surface area (Å²) < 4.78 is 6.34. The fourth-order valence-electron chi connectivity index (χ4n) is 3.94. The zero-order chi connectivity index (χ0) is 21.0. The smallest absolute Gasteiger partial charge is 0.215 e. The van der Waals surface area contributed by atoms with E-state index in [0.29, 0.717) is 32.3 Å². The fraction of sp³-hybridized carbons (Fsp3) is 0.174. The number of fused-ring (bicyclic) bond motifs is 3. The molecule has 0 radical (unpaired) electrons. The average Bonchev–Trinajstić information content (AvgIpc) is 3.14. The highest BCUT2D eigenvalue weighted by Crippen LogP contribution is 2.51. The van der Waals surface area contributed by atoms with E-state index in [1.807, 2.05) is 17.1 Å². The van der Waals surface area contributed by atoms with Crippen LogP contribution < -0.4 is 4.74 Å². The van der Waals surface area contributed by atoms with Gasteiger partial charge >= 0.3 is 0 Å². The van der Waals surface area contributed by atoms with Crippen LogP contribution in [0.2, 0.25) is 20.1 Å². The molecule has 0 bridgehead atoms. The lowest BCUT2D eigenvalue weighted by molar-refractivity contribution is -0.0188. The summed E-state index contributed by atoms with van der Waals surface area (Å²) in [6.45, 7) is 2.07. The van der Waals surface area contributed by atoms with Crippen LogP contribution in [0.1, 0.15) is 40.9 Å². The number of aryl methyl sites for hydroxylation is 1. The van der Waals surface area contributed by atoms with Gasteiger partial charge in [-0.3, -0.25) is 0 Å². The van der Waals surface area contributed by atoms with Gasteiger partial charge in [-0.05, 0) is 36.8 Å². The molecule has 0 aromatic heterocycles. The van der Waals surface area contributed by atoms with Gasteiger partial charge in [-0.25, -0.2) is 5.01 Å². The molecule has 3 aromatic rings. The summed E-state index contributed by atoms with van der Waals surface area (Å²) in [6, 6.07) is 17.2. The maximum absolute atomic E-state index is 6.52. The Morgan fingerprint density at radius 3 is 2.33 bits per heavy atom. The van der Waals surface area contributed by atoms with E-state index in [0.717, 1.165) is 22.4 Å². The Hall–Kier alpha value is -1.91. The van der Waals surface area contributed by atoms with Crippen molar-refractivity contribution < 1.29 is 4.74 Å². The van der Waals surface area contributed by atoms with E-state index in [1.165, 1.54) is 5.56 Å². The number of hydrogen-bond donors (Lipinski definition) is 0. The number of ether oxygens (including phenoxy) is 1. The lowest BCUT2D eigenvalue weighted by Gasteiger charge is -2.39. The van der Waals surface area contributed by atoms with Gasteiger partial charge in [0.25, 0.3) is 0 Å². The van der Waals surface area contributed by atoms with Crippen molar-refractivity contribution in [3.63, 3.8) is 0 Å².